The predicted octanol–water partition coefficient (Wildman–Crippen LogP) is 1.84. The van der Waals surface area contributed by atoms with E-state index in [0.717, 1.165) is 15.8 Å². The van der Waals surface area contributed by atoms with E-state index < -0.39 is 5.97 Å². The summed E-state index contributed by atoms with van der Waals surface area (Å²) < 4.78 is 1.15. The van der Waals surface area contributed by atoms with Crippen molar-refractivity contribution >= 4 is 17.6 Å². The van der Waals surface area contributed by atoms with Gasteiger partial charge >= 0.3 is 5.97 Å². The molecule has 1 amide bonds. The van der Waals surface area contributed by atoms with Crippen molar-refractivity contribution in [1.29, 1.82) is 0 Å². The molecule has 2 aromatic rings. The maximum absolute atomic E-state index is 11.9. The van der Waals surface area contributed by atoms with Crippen LogP contribution >= 0.6 is 0 Å². The Morgan fingerprint density at radius 1 is 1.25 bits per heavy atom. The van der Waals surface area contributed by atoms with Crippen LogP contribution in [0, 0.1) is 13.8 Å². The van der Waals surface area contributed by atoms with Crippen molar-refractivity contribution in [1.82, 2.24) is 9.78 Å². The Balaban J connectivity index is 2.09. The largest absolute Gasteiger partial charge is 0.477 e. The number of carboxylic acid groups (broad SMARTS) is 1. The molecule has 0 atom stereocenters. The third-order valence-corrected chi connectivity index (χ3v) is 2.73. The Labute approximate surface area is 116 Å². The molecule has 0 unspecified atom stereocenters. The molecule has 0 aliphatic heterocycles. The molecule has 1 aromatic heterocycles. The van der Waals surface area contributed by atoms with E-state index in [0.29, 0.717) is 5.69 Å². The molecule has 20 heavy (non-hydrogen) atoms. The average Bonchev–Trinajstić information content (AvgIpc) is 2.75. The monoisotopic (exact) mass is 273 g/mol. The third kappa shape index (κ3) is 3.23. The van der Waals surface area contributed by atoms with E-state index in [2.05, 4.69) is 10.4 Å². The number of aromatic carboxylic acids is 1. The summed E-state index contributed by atoms with van der Waals surface area (Å²) in [5.41, 5.74) is 2.77. The molecule has 6 nitrogen and oxygen atoms in total. The fourth-order valence-corrected chi connectivity index (χ4v) is 2.02. The lowest BCUT2D eigenvalue weighted by atomic mass is 10.1. The summed E-state index contributed by atoms with van der Waals surface area (Å²) >= 11 is 0. The summed E-state index contributed by atoms with van der Waals surface area (Å²) in [6.07, 6.45) is 1.35. The lowest BCUT2D eigenvalue weighted by Crippen LogP contribution is -2.22. The van der Waals surface area contributed by atoms with Crippen LogP contribution in [0.15, 0.2) is 30.5 Å². The Bertz CT molecular complexity index is 641. The fraction of sp³-hybridized carbons (Fsp3) is 0.214. The molecular formula is C14H15N3O3. The van der Waals surface area contributed by atoms with Gasteiger partial charge in [-0.05, 0) is 43.2 Å². The molecule has 6 heteroatoms. The Morgan fingerprint density at radius 3 is 2.50 bits per heavy atom. The zero-order valence-electron chi connectivity index (χ0n) is 11.3. The number of nitrogens with zero attached hydrogens (tertiary/aromatic N) is 2. The molecule has 0 fully saturated rings. The number of aryl methyl sites for hydroxylation is 2. The maximum Gasteiger partial charge on any atom is 0.354 e. The van der Waals surface area contributed by atoms with Crippen molar-refractivity contribution in [2.75, 3.05) is 5.32 Å². The Hall–Kier alpha value is -2.63. The molecule has 0 radical (unpaired) electrons. The molecule has 104 valence electrons. The number of carboxylic acids is 1. The lowest BCUT2D eigenvalue weighted by molar-refractivity contribution is -0.116. The number of aromatic nitrogens is 2. The van der Waals surface area contributed by atoms with E-state index in [9.17, 15) is 9.59 Å². The first-order chi connectivity index (χ1) is 9.45. The van der Waals surface area contributed by atoms with E-state index in [1.54, 1.807) is 0 Å². The van der Waals surface area contributed by atoms with Gasteiger partial charge in [-0.1, -0.05) is 6.07 Å². The highest BCUT2D eigenvalue weighted by atomic mass is 16.4. The van der Waals surface area contributed by atoms with E-state index in [4.69, 9.17) is 5.11 Å². The topological polar surface area (TPSA) is 84.2 Å². The van der Waals surface area contributed by atoms with Gasteiger partial charge in [-0.15, -0.1) is 0 Å². The third-order valence-electron chi connectivity index (χ3n) is 2.73. The quantitative estimate of drug-likeness (QED) is 0.890. The first-order valence-electron chi connectivity index (χ1n) is 6.09. The molecule has 0 bridgehead atoms. The Morgan fingerprint density at radius 2 is 1.90 bits per heavy atom. The predicted molar refractivity (Wildman–Crippen MR) is 73.7 cm³/mol. The molecule has 1 aromatic carbocycles. The molecular weight excluding hydrogens is 258 g/mol. The van der Waals surface area contributed by atoms with Gasteiger partial charge in [-0.2, -0.15) is 5.10 Å². The van der Waals surface area contributed by atoms with Crippen LogP contribution in [0.25, 0.3) is 0 Å². The van der Waals surface area contributed by atoms with Crippen LogP contribution in [-0.4, -0.2) is 26.8 Å². The minimum atomic E-state index is -1.11. The number of carbonyl (C=O) groups is 2. The van der Waals surface area contributed by atoms with Crippen molar-refractivity contribution in [2.24, 2.45) is 0 Å². The van der Waals surface area contributed by atoms with Gasteiger partial charge in [0, 0.05) is 11.9 Å². The standard InChI is InChI=1S/C14H15N3O3/c1-9-5-10(2)7-11(6-9)16-13(18)8-17-12(14(19)20)3-4-15-17/h3-7H,8H2,1-2H3,(H,16,18)(H,19,20). The van der Waals surface area contributed by atoms with E-state index >= 15 is 0 Å². The SMILES string of the molecule is Cc1cc(C)cc(NC(=O)Cn2nccc2C(=O)O)c1. The van der Waals surface area contributed by atoms with Crippen molar-refractivity contribution in [3.8, 4) is 0 Å². The van der Waals surface area contributed by atoms with Crippen molar-refractivity contribution in [2.45, 2.75) is 20.4 Å². The van der Waals surface area contributed by atoms with E-state index in [1.165, 1.54) is 12.3 Å². The summed E-state index contributed by atoms with van der Waals surface area (Å²) in [5, 5.41) is 15.5. The van der Waals surface area contributed by atoms with Gasteiger partial charge in [0.25, 0.3) is 0 Å². The van der Waals surface area contributed by atoms with Crippen molar-refractivity contribution < 1.29 is 14.7 Å². The van der Waals surface area contributed by atoms with Gasteiger partial charge < -0.3 is 10.4 Å². The minimum Gasteiger partial charge on any atom is -0.477 e. The molecule has 0 spiro atoms. The molecule has 0 saturated carbocycles. The number of benzene rings is 1. The molecule has 0 aliphatic rings. The van der Waals surface area contributed by atoms with Crippen LogP contribution in [0.3, 0.4) is 0 Å². The van der Waals surface area contributed by atoms with Crippen LogP contribution < -0.4 is 5.32 Å². The summed E-state index contributed by atoms with van der Waals surface area (Å²) in [6, 6.07) is 7.07. The average molecular weight is 273 g/mol. The first-order valence-corrected chi connectivity index (χ1v) is 6.09. The van der Waals surface area contributed by atoms with E-state index in [-0.39, 0.29) is 18.1 Å². The van der Waals surface area contributed by atoms with E-state index in [1.807, 2.05) is 32.0 Å². The highest BCUT2D eigenvalue weighted by Crippen LogP contribution is 2.13. The van der Waals surface area contributed by atoms with Gasteiger partial charge in [0.15, 0.2) is 0 Å². The van der Waals surface area contributed by atoms with Crippen LogP contribution in [0.2, 0.25) is 0 Å². The summed E-state index contributed by atoms with van der Waals surface area (Å²) in [5.74, 6) is -1.43. The van der Waals surface area contributed by atoms with Gasteiger partial charge in [0.1, 0.15) is 12.2 Å². The maximum atomic E-state index is 11.9. The normalized spacial score (nSPS) is 10.3. The number of hydrogen-bond donors (Lipinski definition) is 2. The van der Waals surface area contributed by atoms with Gasteiger partial charge in [0.2, 0.25) is 5.91 Å². The molecule has 2 N–H and O–H groups in total. The van der Waals surface area contributed by atoms with Crippen molar-refractivity contribution in [3.63, 3.8) is 0 Å². The molecule has 0 saturated heterocycles. The second-order valence-electron chi connectivity index (χ2n) is 4.60. The summed E-state index contributed by atoms with van der Waals surface area (Å²) in [4.78, 5) is 22.8. The number of amides is 1. The zero-order chi connectivity index (χ0) is 14.7. The van der Waals surface area contributed by atoms with Crippen LogP contribution in [0.4, 0.5) is 5.69 Å². The highest BCUT2D eigenvalue weighted by Gasteiger charge is 2.13. The zero-order valence-corrected chi connectivity index (χ0v) is 11.3. The second-order valence-corrected chi connectivity index (χ2v) is 4.60. The molecule has 2 rings (SSSR count). The lowest BCUT2D eigenvalue weighted by Gasteiger charge is -2.08. The molecule has 0 aliphatic carbocycles. The second kappa shape index (κ2) is 5.56. The molecule has 1 heterocycles. The smallest absolute Gasteiger partial charge is 0.354 e. The number of rotatable bonds is 4. The number of nitrogens with one attached hydrogen (secondary N) is 1. The van der Waals surface area contributed by atoms with Crippen molar-refractivity contribution in [3.05, 3.63) is 47.3 Å². The fourth-order valence-electron chi connectivity index (χ4n) is 2.02. The number of anilines is 1. The number of hydrogen-bond acceptors (Lipinski definition) is 3. The van der Waals surface area contributed by atoms with Gasteiger partial charge in [-0.25, -0.2) is 9.48 Å². The summed E-state index contributed by atoms with van der Waals surface area (Å²) in [6.45, 7) is 3.75. The minimum absolute atomic E-state index is 0.0134. The van der Waals surface area contributed by atoms with Crippen LogP contribution in [0.5, 0.6) is 0 Å². The van der Waals surface area contributed by atoms with Crippen LogP contribution in [-0.2, 0) is 11.3 Å². The van der Waals surface area contributed by atoms with Gasteiger partial charge in [-0.3, -0.25) is 4.79 Å². The summed E-state index contributed by atoms with van der Waals surface area (Å²) in [7, 11) is 0. The van der Waals surface area contributed by atoms with Crippen LogP contribution in [0.1, 0.15) is 21.6 Å². The number of carbonyl (C=O) groups excluding carboxylic acids is 1. The van der Waals surface area contributed by atoms with Gasteiger partial charge in [0.05, 0.1) is 0 Å². The first kappa shape index (κ1) is 13.8. The Kier molecular flexibility index (Phi) is 3.84. The highest BCUT2D eigenvalue weighted by molar-refractivity contribution is 5.92.